The van der Waals surface area contributed by atoms with E-state index in [1.807, 2.05) is 20.8 Å². The number of nitrogens with one attached hydrogen (secondary N) is 1. The minimum absolute atomic E-state index is 0.0787. The minimum atomic E-state index is -0.210. The van der Waals surface area contributed by atoms with Gasteiger partial charge in [-0.2, -0.15) is 0 Å². The van der Waals surface area contributed by atoms with Gasteiger partial charge in [-0.25, -0.2) is 0 Å². The summed E-state index contributed by atoms with van der Waals surface area (Å²) in [4.78, 5) is 11.9. The fraction of sp³-hybridized carbons (Fsp3) is 0.909. The van der Waals surface area contributed by atoms with Crippen molar-refractivity contribution in [1.29, 1.82) is 0 Å². The van der Waals surface area contributed by atoms with Crippen LogP contribution in [0.4, 0.5) is 0 Å². The topological polar surface area (TPSA) is 29.1 Å². The molecule has 1 fully saturated rings. The number of rotatable bonds is 1. The quantitative estimate of drug-likeness (QED) is 0.673. The average molecular weight is 183 g/mol. The van der Waals surface area contributed by atoms with Crippen LogP contribution < -0.4 is 5.32 Å². The molecule has 1 heterocycles. The predicted octanol–water partition coefficient (Wildman–Crippen LogP) is 1.99. The number of hydrogen-bond donors (Lipinski definition) is 1. The summed E-state index contributed by atoms with van der Waals surface area (Å²) in [6.45, 7) is 11.3. The van der Waals surface area contributed by atoms with E-state index >= 15 is 0 Å². The van der Waals surface area contributed by atoms with Gasteiger partial charge in [0.1, 0.15) is 0 Å². The second kappa shape index (κ2) is 3.09. The molecule has 0 spiro atoms. The van der Waals surface area contributed by atoms with Crippen molar-refractivity contribution in [3.8, 4) is 0 Å². The molecular weight excluding hydrogens is 162 g/mol. The molecule has 2 heteroatoms. The highest BCUT2D eigenvalue weighted by atomic mass is 16.1. The lowest BCUT2D eigenvalue weighted by molar-refractivity contribution is -0.128. The summed E-state index contributed by atoms with van der Waals surface area (Å²) in [5.41, 5.74) is 0.0731. The maximum Gasteiger partial charge on any atom is 0.155 e. The first-order valence-electron chi connectivity index (χ1n) is 5.00. The molecule has 1 aliphatic rings. The van der Waals surface area contributed by atoms with Crippen LogP contribution in [0.15, 0.2) is 0 Å². The largest absolute Gasteiger partial charge is 0.307 e. The van der Waals surface area contributed by atoms with E-state index in [2.05, 4.69) is 19.2 Å². The highest BCUT2D eigenvalue weighted by molar-refractivity contribution is 5.89. The Hall–Kier alpha value is -0.370. The smallest absolute Gasteiger partial charge is 0.155 e. The molecule has 1 N–H and O–H groups in total. The summed E-state index contributed by atoms with van der Waals surface area (Å²) < 4.78 is 0. The highest BCUT2D eigenvalue weighted by Gasteiger charge is 2.38. The van der Waals surface area contributed by atoms with Gasteiger partial charge in [-0.05, 0) is 11.8 Å². The van der Waals surface area contributed by atoms with Crippen LogP contribution in [0.1, 0.15) is 41.0 Å². The second-order valence-electron chi connectivity index (χ2n) is 5.92. The first kappa shape index (κ1) is 10.7. The molecule has 76 valence electrons. The van der Waals surface area contributed by atoms with Gasteiger partial charge >= 0.3 is 0 Å². The summed E-state index contributed by atoms with van der Waals surface area (Å²) in [6, 6.07) is 0.0787. The number of carbonyl (C=O) groups is 1. The van der Waals surface area contributed by atoms with Gasteiger partial charge in [-0.1, -0.05) is 34.6 Å². The lowest BCUT2D eigenvalue weighted by Gasteiger charge is -2.22. The Kier molecular flexibility index (Phi) is 2.54. The number of hydrogen-bond acceptors (Lipinski definition) is 2. The van der Waals surface area contributed by atoms with Crippen molar-refractivity contribution >= 4 is 5.78 Å². The van der Waals surface area contributed by atoms with E-state index in [4.69, 9.17) is 0 Å². The molecule has 1 atom stereocenters. The maximum absolute atomic E-state index is 11.9. The van der Waals surface area contributed by atoms with E-state index in [9.17, 15) is 4.79 Å². The predicted molar refractivity (Wildman–Crippen MR) is 54.7 cm³/mol. The molecule has 1 saturated heterocycles. The van der Waals surface area contributed by atoms with Crippen molar-refractivity contribution < 1.29 is 4.79 Å². The summed E-state index contributed by atoms with van der Waals surface area (Å²) in [7, 11) is 0. The summed E-state index contributed by atoms with van der Waals surface area (Å²) in [5.74, 6) is 0.345. The Morgan fingerprint density at radius 1 is 1.38 bits per heavy atom. The fourth-order valence-corrected chi connectivity index (χ4v) is 1.80. The Labute approximate surface area is 81.1 Å². The van der Waals surface area contributed by atoms with Crippen molar-refractivity contribution in [1.82, 2.24) is 5.32 Å². The molecule has 0 aromatic carbocycles. The molecule has 0 amide bonds. The van der Waals surface area contributed by atoms with E-state index in [1.54, 1.807) is 0 Å². The van der Waals surface area contributed by atoms with E-state index in [0.29, 0.717) is 5.78 Å². The van der Waals surface area contributed by atoms with Crippen molar-refractivity contribution in [2.24, 2.45) is 10.8 Å². The van der Waals surface area contributed by atoms with Crippen molar-refractivity contribution in [2.45, 2.75) is 47.1 Å². The number of carbonyl (C=O) groups excluding carboxylic acids is 1. The molecule has 0 aromatic heterocycles. The van der Waals surface area contributed by atoms with Gasteiger partial charge in [0, 0.05) is 12.0 Å². The van der Waals surface area contributed by atoms with Crippen LogP contribution >= 0.6 is 0 Å². The molecule has 0 saturated carbocycles. The number of ketones is 1. The van der Waals surface area contributed by atoms with Gasteiger partial charge in [-0.15, -0.1) is 0 Å². The zero-order chi connectivity index (χ0) is 10.3. The molecule has 0 unspecified atom stereocenters. The zero-order valence-electron chi connectivity index (χ0n) is 9.40. The summed E-state index contributed by atoms with van der Waals surface area (Å²) >= 11 is 0. The van der Waals surface area contributed by atoms with Gasteiger partial charge in [0.25, 0.3) is 0 Å². The van der Waals surface area contributed by atoms with Gasteiger partial charge in [0.15, 0.2) is 5.78 Å². The normalized spacial score (nSPS) is 27.6. The van der Waals surface area contributed by atoms with Gasteiger partial charge in [0.05, 0.1) is 6.04 Å². The molecule has 0 aliphatic carbocycles. The Morgan fingerprint density at radius 3 is 2.23 bits per heavy atom. The maximum atomic E-state index is 11.9. The summed E-state index contributed by atoms with van der Waals surface area (Å²) in [5, 5.41) is 3.30. The molecule has 0 bridgehead atoms. The van der Waals surface area contributed by atoms with Gasteiger partial charge in [-0.3, -0.25) is 4.79 Å². The monoisotopic (exact) mass is 183 g/mol. The van der Waals surface area contributed by atoms with Crippen LogP contribution in [-0.2, 0) is 4.79 Å². The molecular formula is C11H21NO. The Bertz CT molecular complexity index is 213. The molecule has 2 nitrogen and oxygen atoms in total. The lowest BCUT2D eigenvalue weighted by atomic mass is 9.82. The van der Waals surface area contributed by atoms with E-state index in [0.717, 1.165) is 13.0 Å². The fourth-order valence-electron chi connectivity index (χ4n) is 1.80. The van der Waals surface area contributed by atoms with Crippen molar-refractivity contribution in [2.75, 3.05) is 6.54 Å². The van der Waals surface area contributed by atoms with Crippen LogP contribution in [0.5, 0.6) is 0 Å². The highest BCUT2D eigenvalue weighted by Crippen LogP contribution is 2.30. The van der Waals surface area contributed by atoms with Crippen molar-refractivity contribution in [3.63, 3.8) is 0 Å². The SMILES string of the molecule is CC1(C)CN[C@H](C(=O)C(C)(C)C)C1. The third-order valence-corrected chi connectivity index (χ3v) is 2.64. The van der Waals surface area contributed by atoms with Gasteiger partial charge in [0.2, 0.25) is 0 Å². The van der Waals surface area contributed by atoms with Gasteiger partial charge < -0.3 is 5.32 Å². The zero-order valence-corrected chi connectivity index (χ0v) is 9.40. The standard InChI is InChI=1S/C11H21NO/c1-10(2,3)9(13)8-6-11(4,5)7-12-8/h8,12H,6-7H2,1-5H3/t8-/m0/s1. The molecule has 0 radical (unpaired) electrons. The minimum Gasteiger partial charge on any atom is -0.307 e. The summed E-state index contributed by atoms with van der Waals surface area (Å²) in [6.07, 6.45) is 0.975. The van der Waals surface area contributed by atoms with E-state index < -0.39 is 0 Å². The molecule has 0 aromatic rings. The Balaban J connectivity index is 2.62. The van der Waals surface area contributed by atoms with Crippen LogP contribution in [0.25, 0.3) is 0 Å². The lowest BCUT2D eigenvalue weighted by Crippen LogP contribution is -2.38. The van der Waals surface area contributed by atoms with Crippen LogP contribution in [-0.4, -0.2) is 18.4 Å². The van der Waals surface area contributed by atoms with Crippen LogP contribution in [0.3, 0.4) is 0 Å². The van der Waals surface area contributed by atoms with Crippen molar-refractivity contribution in [3.05, 3.63) is 0 Å². The molecule has 13 heavy (non-hydrogen) atoms. The first-order valence-corrected chi connectivity index (χ1v) is 5.00. The number of Topliss-reactive ketones (excluding diaryl/α,β-unsaturated/α-hetero) is 1. The first-order chi connectivity index (χ1) is 5.72. The van der Waals surface area contributed by atoms with E-state index in [1.165, 1.54) is 0 Å². The second-order valence-corrected chi connectivity index (χ2v) is 5.92. The molecule has 1 aliphatic heterocycles. The van der Waals surface area contributed by atoms with Crippen LogP contribution in [0, 0.1) is 10.8 Å². The Morgan fingerprint density at radius 2 is 1.92 bits per heavy atom. The van der Waals surface area contributed by atoms with Crippen LogP contribution in [0.2, 0.25) is 0 Å². The third-order valence-electron chi connectivity index (χ3n) is 2.64. The van der Waals surface area contributed by atoms with E-state index in [-0.39, 0.29) is 16.9 Å². The third kappa shape index (κ3) is 2.53. The average Bonchev–Trinajstić information content (AvgIpc) is 2.26. The molecule has 1 rings (SSSR count).